The molecule has 2 rings (SSSR count). The molecule has 1 aliphatic heterocycles. The van der Waals surface area contributed by atoms with Gasteiger partial charge in [-0.3, -0.25) is 0 Å². The summed E-state index contributed by atoms with van der Waals surface area (Å²) in [5.74, 6) is 0. The lowest BCUT2D eigenvalue weighted by molar-refractivity contribution is 0.552. The number of nitriles is 1. The molecule has 1 heterocycles. The van der Waals surface area contributed by atoms with E-state index in [0.29, 0.717) is 12.5 Å². The summed E-state index contributed by atoms with van der Waals surface area (Å²) in [5.41, 5.74) is 1.23. The van der Waals surface area contributed by atoms with Gasteiger partial charge in [0.1, 0.15) is 0 Å². The average Bonchev–Trinajstić information content (AvgIpc) is 2.52. The Morgan fingerprint density at radius 2 is 2.39 bits per heavy atom. The van der Waals surface area contributed by atoms with Gasteiger partial charge in [-0.25, -0.2) is 0 Å². The van der Waals surface area contributed by atoms with Crippen LogP contribution in [0.3, 0.4) is 0 Å². The highest BCUT2D eigenvalue weighted by atomic mass is 79.9. The molecular weight excluding hydrogens is 290 g/mol. The molecule has 3 nitrogen and oxygen atoms in total. The zero-order valence-corrected chi connectivity index (χ0v) is 12.2. The number of nitrogens with one attached hydrogen (secondary N) is 1. The largest absolute Gasteiger partial charge is 0.367 e. The fraction of sp³-hybridized carbons (Fsp3) is 0.500. The van der Waals surface area contributed by atoms with E-state index >= 15 is 0 Å². The molecule has 18 heavy (non-hydrogen) atoms. The van der Waals surface area contributed by atoms with E-state index in [2.05, 4.69) is 57.3 Å². The fourth-order valence-electron chi connectivity index (χ4n) is 2.40. The molecule has 0 aliphatic carbocycles. The molecule has 0 bridgehead atoms. The van der Waals surface area contributed by atoms with Crippen LogP contribution in [0, 0.1) is 11.3 Å². The van der Waals surface area contributed by atoms with Gasteiger partial charge < -0.3 is 10.2 Å². The molecule has 0 saturated carbocycles. The lowest BCUT2D eigenvalue weighted by atomic mass is 10.1. The summed E-state index contributed by atoms with van der Waals surface area (Å²) in [7, 11) is 0. The molecular formula is C14H18BrN3. The van der Waals surface area contributed by atoms with Gasteiger partial charge in [0.25, 0.3) is 0 Å². The third kappa shape index (κ3) is 3.24. The third-order valence-corrected chi connectivity index (χ3v) is 3.92. The van der Waals surface area contributed by atoms with Crippen LogP contribution in [0.5, 0.6) is 0 Å². The topological polar surface area (TPSA) is 39.1 Å². The van der Waals surface area contributed by atoms with E-state index < -0.39 is 0 Å². The number of hydrogen-bond donors (Lipinski definition) is 1. The van der Waals surface area contributed by atoms with Crippen molar-refractivity contribution in [3.05, 3.63) is 28.7 Å². The normalized spacial score (nSPS) is 24.4. The maximum Gasteiger partial charge on any atom is 0.0638 e. The van der Waals surface area contributed by atoms with Crippen LogP contribution in [0.1, 0.15) is 19.8 Å². The van der Waals surface area contributed by atoms with Crippen LogP contribution in [-0.2, 0) is 0 Å². The molecule has 0 aromatic heterocycles. The average molecular weight is 308 g/mol. The highest BCUT2D eigenvalue weighted by molar-refractivity contribution is 9.10. The van der Waals surface area contributed by atoms with Crippen LogP contribution in [0.25, 0.3) is 0 Å². The first kappa shape index (κ1) is 13.4. The van der Waals surface area contributed by atoms with Crippen molar-refractivity contribution in [2.45, 2.75) is 31.8 Å². The van der Waals surface area contributed by atoms with Crippen LogP contribution in [0.4, 0.5) is 5.69 Å². The van der Waals surface area contributed by atoms with Crippen molar-refractivity contribution < 1.29 is 0 Å². The maximum absolute atomic E-state index is 8.86. The Balaban J connectivity index is 2.20. The number of rotatable bonds is 2. The first-order valence-electron chi connectivity index (χ1n) is 6.33. The molecule has 2 atom stereocenters. The minimum absolute atomic E-state index is 0.263. The van der Waals surface area contributed by atoms with Crippen molar-refractivity contribution in [2.75, 3.05) is 18.0 Å². The standard InChI is InChI=1S/C14H18BrN3/c1-11-6-8-17-13(5-7-16)10-18(11)14-4-2-3-12(15)9-14/h2-4,9,11,13,17H,5-6,8,10H2,1H3. The molecule has 1 aromatic rings. The van der Waals surface area contributed by atoms with E-state index in [0.717, 1.165) is 24.0 Å². The predicted octanol–water partition coefficient (Wildman–Crippen LogP) is 2.92. The van der Waals surface area contributed by atoms with Gasteiger partial charge in [0.05, 0.1) is 12.5 Å². The van der Waals surface area contributed by atoms with Gasteiger partial charge in [-0.05, 0) is 38.1 Å². The van der Waals surface area contributed by atoms with Gasteiger partial charge in [-0.2, -0.15) is 5.26 Å². The Bertz CT molecular complexity index is 441. The number of benzene rings is 1. The van der Waals surface area contributed by atoms with E-state index in [-0.39, 0.29) is 6.04 Å². The van der Waals surface area contributed by atoms with Gasteiger partial charge >= 0.3 is 0 Å². The Morgan fingerprint density at radius 1 is 1.56 bits per heavy atom. The predicted molar refractivity (Wildman–Crippen MR) is 77.6 cm³/mol. The summed E-state index contributed by atoms with van der Waals surface area (Å²) in [6.07, 6.45) is 1.67. The summed E-state index contributed by atoms with van der Waals surface area (Å²) in [4.78, 5) is 2.40. The smallest absolute Gasteiger partial charge is 0.0638 e. The van der Waals surface area contributed by atoms with Crippen molar-refractivity contribution in [1.82, 2.24) is 5.32 Å². The summed E-state index contributed by atoms with van der Waals surface area (Å²) in [6, 6.07) is 11.4. The molecule has 0 spiro atoms. The van der Waals surface area contributed by atoms with Crippen molar-refractivity contribution in [3.63, 3.8) is 0 Å². The van der Waals surface area contributed by atoms with Crippen LogP contribution in [0.2, 0.25) is 0 Å². The van der Waals surface area contributed by atoms with Crippen molar-refractivity contribution in [1.29, 1.82) is 5.26 Å². The van der Waals surface area contributed by atoms with E-state index in [1.54, 1.807) is 0 Å². The molecule has 1 N–H and O–H groups in total. The first-order valence-corrected chi connectivity index (χ1v) is 7.12. The Morgan fingerprint density at radius 3 is 3.11 bits per heavy atom. The van der Waals surface area contributed by atoms with Crippen LogP contribution >= 0.6 is 15.9 Å². The van der Waals surface area contributed by atoms with Gasteiger partial charge in [0.15, 0.2) is 0 Å². The highest BCUT2D eigenvalue weighted by Crippen LogP contribution is 2.24. The van der Waals surface area contributed by atoms with E-state index in [9.17, 15) is 0 Å². The summed E-state index contributed by atoms with van der Waals surface area (Å²) < 4.78 is 1.10. The first-order chi connectivity index (χ1) is 8.70. The third-order valence-electron chi connectivity index (χ3n) is 3.42. The lowest BCUT2D eigenvalue weighted by Gasteiger charge is -2.31. The fourth-order valence-corrected chi connectivity index (χ4v) is 2.78. The van der Waals surface area contributed by atoms with Crippen LogP contribution in [-0.4, -0.2) is 25.2 Å². The molecule has 96 valence electrons. The minimum Gasteiger partial charge on any atom is -0.367 e. The summed E-state index contributed by atoms with van der Waals surface area (Å²) in [5, 5.41) is 12.3. The molecule has 4 heteroatoms. The number of halogens is 1. The molecule has 1 aliphatic rings. The molecule has 1 saturated heterocycles. The van der Waals surface area contributed by atoms with Crippen LogP contribution in [0.15, 0.2) is 28.7 Å². The number of hydrogen-bond acceptors (Lipinski definition) is 3. The van der Waals surface area contributed by atoms with Crippen molar-refractivity contribution in [3.8, 4) is 6.07 Å². The lowest BCUT2D eigenvalue weighted by Crippen LogP contribution is -2.40. The van der Waals surface area contributed by atoms with Crippen LogP contribution < -0.4 is 10.2 Å². The summed E-state index contributed by atoms with van der Waals surface area (Å²) in [6.45, 7) is 4.13. The van der Waals surface area contributed by atoms with Crippen molar-refractivity contribution in [2.24, 2.45) is 0 Å². The zero-order valence-electron chi connectivity index (χ0n) is 10.6. The monoisotopic (exact) mass is 307 g/mol. The minimum atomic E-state index is 0.263. The SMILES string of the molecule is CC1CCNC(CC#N)CN1c1cccc(Br)c1. The van der Waals surface area contributed by atoms with E-state index in [1.165, 1.54) is 5.69 Å². The second-order valence-corrected chi connectivity index (χ2v) is 5.70. The molecule has 0 amide bonds. The zero-order chi connectivity index (χ0) is 13.0. The van der Waals surface area contributed by atoms with Gasteiger partial charge in [0.2, 0.25) is 0 Å². The maximum atomic E-state index is 8.86. The van der Waals surface area contributed by atoms with Gasteiger partial charge in [-0.15, -0.1) is 0 Å². The van der Waals surface area contributed by atoms with Gasteiger partial charge in [-0.1, -0.05) is 22.0 Å². The number of nitrogens with zero attached hydrogens (tertiary/aromatic N) is 2. The Kier molecular flexibility index (Phi) is 4.62. The molecule has 0 radical (unpaired) electrons. The second kappa shape index (κ2) is 6.21. The highest BCUT2D eigenvalue weighted by Gasteiger charge is 2.22. The Labute approximate surface area is 117 Å². The molecule has 2 unspecified atom stereocenters. The quantitative estimate of drug-likeness (QED) is 0.913. The summed E-state index contributed by atoms with van der Waals surface area (Å²) >= 11 is 3.52. The molecule has 1 fully saturated rings. The molecule has 1 aromatic carbocycles. The van der Waals surface area contributed by atoms with Crippen molar-refractivity contribution >= 4 is 21.6 Å². The Hall–Kier alpha value is -1.05. The van der Waals surface area contributed by atoms with Gasteiger partial charge in [0, 0.05) is 28.8 Å². The number of anilines is 1. The second-order valence-electron chi connectivity index (χ2n) is 4.78. The van der Waals surface area contributed by atoms with E-state index in [4.69, 9.17) is 5.26 Å². The van der Waals surface area contributed by atoms with E-state index in [1.807, 2.05) is 6.07 Å².